The minimum Gasteiger partial charge on any atom is -0.490 e. The predicted molar refractivity (Wildman–Crippen MR) is 112 cm³/mol. The van der Waals surface area contributed by atoms with Crippen LogP contribution in [0.25, 0.3) is 0 Å². The first kappa shape index (κ1) is 21.2. The Hall–Kier alpha value is -2.03. The molecule has 3 aliphatic heterocycles. The number of nitrogens with one attached hydrogen (secondary N) is 1. The summed E-state index contributed by atoms with van der Waals surface area (Å²) in [6, 6.07) is 3.40. The van der Waals surface area contributed by atoms with Gasteiger partial charge in [0.05, 0.1) is 43.7 Å². The zero-order valence-corrected chi connectivity index (χ0v) is 17.8. The lowest BCUT2D eigenvalue weighted by atomic mass is 9.95. The number of morpholine rings is 1. The highest BCUT2D eigenvalue weighted by Crippen LogP contribution is 2.37. The molecule has 0 aliphatic carbocycles. The zero-order valence-electron chi connectivity index (χ0n) is 17.0. The summed E-state index contributed by atoms with van der Waals surface area (Å²) < 4.78 is 16.6. The molecule has 2 amide bonds. The highest BCUT2D eigenvalue weighted by Gasteiger charge is 2.30. The van der Waals surface area contributed by atoms with Crippen molar-refractivity contribution < 1.29 is 23.8 Å². The summed E-state index contributed by atoms with van der Waals surface area (Å²) in [5.41, 5.74) is 0.517. The van der Waals surface area contributed by atoms with Gasteiger partial charge in [-0.2, -0.15) is 0 Å². The average molecular weight is 438 g/mol. The smallest absolute Gasteiger partial charge is 0.238 e. The first-order valence-electron chi connectivity index (χ1n) is 10.6. The maximum Gasteiger partial charge on any atom is 0.238 e. The molecule has 0 unspecified atom stereocenters. The number of halogens is 1. The van der Waals surface area contributed by atoms with E-state index in [0.29, 0.717) is 61.7 Å². The number of nitrogens with zero attached hydrogens (tertiary/aromatic N) is 2. The highest BCUT2D eigenvalue weighted by atomic mass is 35.5. The number of carbonyl (C=O) groups excluding carboxylic acids is 2. The lowest BCUT2D eigenvalue weighted by Crippen LogP contribution is -2.47. The third-order valence-corrected chi connectivity index (χ3v) is 6.05. The highest BCUT2D eigenvalue weighted by molar-refractivity contribution is 6.34. The van der Waals surface area contributed by atoms with Crippen LogP contribution < -0.4 is 14.8 Å². The number of rotatable bonds is 4. The quantitative estimate of drug-likeness (QED) is 0.776. The maximum absolute atomic E-state index is 12.6. The van der Waals surface area contributed by atoms with Crippen LogP contribution in [0.5, 0.6) is 11.5 Å². The van der Waals surface area contributed by atoms with Gasteiger partial charge in [0.15, 0.2) is 11.5 Å². The van der Waals surface area contributed by atoms with Crippen LogP contribution >= 0.6 is 11.6 Å². The second-order valence-corrected chi connectivity index (χ2v) is 8.27. The van der Waals surface area contributed by atoms with Gasteiger partial charge in [-0.25, -0.2) is 0 Å². The van der Waals surface area contributed by atoms with Crippen LogP contribution in [0.2, 0.25) is 5.02 Å². The van der Waals surface area contributed by atoms with Crippen molar-refractivity contribution >= 4 is 29.1 Å². The van der Waals surface area contributed by atoms with E-state index in [9.17, 15) is 9.59 Å². The Balaban J connectivity index is 1.27. The molecule has 3 heterocycles. The number of ether oxygens (including phenoxy) is 3. The van der Waals surface area contributed by atoms with Crippen LogP contribution in [0.4, 0.5) is 5.69 Å². The Labute approximate surface area is 181 Å². The lowest BCUT2D eigenvalue weighted by Gasteiger charge is -2.35. The minimum atomic E-state index is -0.135. The van der Waals surface area contributed by atoms with Gasteiger partial charge < -0.3 is 24.4 Å². The summed E-state index contributed by atoms with van der Waals surface area (Å²) in [6.07, 6.45) is 2.35. The van der Waals surface area contributed by atoms with E-state index in [2.05, 4.69) is 10.2 Å². The number of likely N-dealkylation sites (tertiary alicyclic amines) is 1. The average Bonchev–Trinajstić information content (AvgIpc) is 2.99. The number of anilines is 1. The second kappa shape index (κ2) is 9.85. The molecule has 0 saturated carbocycles. The van der Waals surface area contributed by atoms with Crippen molar-refractivity contribution in [2.75, 3.05) is 64.5 Å². The molecule has 0 bridgehead atoms. The Bertz CT molecular complexity index is 776. The van der Waals surface area contributed by atoms with Crippen LogP contribution in [0.1, 0.15) is 19.3 Å². The van der Waals surface area contributed by atoms with Gasteiger partial charge in [-0.05, 0) is 25.9 Å². The van der Waals surface area contributed by atoms with Crippen molar-refractivity contribution in [3.63, 3.8) is 0 Å². The molecule has 30 heavy (non-hydrogen) atoms. The van der Waals surface area contributed by atoms with Crippen molar-refractivity contribution in [1.29, 1.82) is 0 Å². The number of carbonyl (C=O) groups is 2. The van der Waals surface area contributed by atoms with Gasteiger partial charge >= 0.3 is 0 Å². The van der Waals surface area contributed by atoms with E-state index in [4.69, 9.17) is 25.8 Å². The lowest BCUT2D eigenvalue weighted by molar-refractivity contribution is -0.141. The van der Waals surface area contributed by atoms with Crippen molar-refractivity contribution in [3.05, 3.63) is 17.2 Å². The number of benzene rings is 1. The van der Waals surface area contributed by atoms with Gasteiger partial charge in [-0.3, -0.25) is 14.5 Å². The van der Waals surface area contributed by atoms with E-state index in [1.54, 1.807) is 12.1 Å². The van der Waals surface area contributed by atoms with E-state index < -0.39 is 0 Å². The summed E-state index contributed by atoms with van der Waals surface area (Å²) in [6.45, 7) is 5.46. The first-order valence-corrected chi connectivity index (χ1v) is 11.0. The van der Waals surface area contributed by atoms with Crippen LogP contribution in [-0.2, 0) is 14.3 Å². The van der Waals surface area contributed by atoms with Gasteiger partial charge in [0, 0.05) is 37.6 Å². The van der Waals surface area contributed by atoms with Crippen molar-refractivity contribution in [3.8, 4) is 11.5 Å². The molecule has 0 spiro atoms. The minimum absolute atomic E-state index is 0.0404. The van der Waals surface area contributed by atoms with Gasteiger partial charge in [0.25, 0.3) is 0 Å². The van der Waals surface area contributed by atoms with Gasteiger partial charge in [-0.15, -0.1) is 0 Å². The third kappa shape index (κ3) is 5.17. The molecule has 1 N–H and O–H groups in total. The zero-order chi connectivity index (χ0) is 20.9. The standard InChI is InChI=1S/C21H28ClN3O5/c22-16-12-18-19(30-9-1-8-29-18)13-17(16)23-20(26)14-24-4-2-15(3-5-24)21(27)25-6-10-28-11-7-25/h12-13,15H,1-11,14H2,(H,23,26). The van der Waals surface area contributed by atoms with Gasteiger partial charge in [0.1, 0.15) is 0 Å². The Morgan fingerprint density at radius 3 is 2.37 bits per heavy atom. The first-order chi connectivity index (χ1) is 14.6. The van der Waals surface area contributed by atoms with E-state index in [1.165, 1.54) is 0 Å². The maximum atomic E-state index is 12.6. The molecular weight excluding hydrogens is 410 g/mol. The number of piperidine rings is 1. The van der Waals surface area contributed by atoms with Crippen LogP contribution in [0.3, 0.4) is 0 Å². The molecule has 1 aromatic carbocycles. The second-order valence-electron chi connectivity index (χ2n) is 7.87. The van der Waals surface area contributed by atoms with Crippen molar-refractivity contribution in [2.24, 2.45) is 5.92 Å². The topological polar surface area (TPSA) is 80.3 Å². The molecule has 2 saturated heterocycles. The summed E-state index contributed by atoms with van der Waals surface area (Å²) in [5, 5.41) is 3.30. The van der Waals surface area contributed by atoms with Crippen molar-refractivity contribution in [1.82, 2.24) is 9.80 Å². The van der Waals surface area contributed by atoms with Gasteiger partial charge in [0.2, 0.25) is 11.8 Å². The monoisotopic (exact) mass is 437 g/mol. The fourth-order valence-corrected chi connectivity index (χ4v) is 4.25. The van der Waals surface area contributed by atoms with E-state index in [0.717, 1.165) is 32.4 Å². The van der Waals surface area contributed by atoms with Crippen LogP contribution in [0.15, 0.2) is 12.1 Å². The molecule has 0 atom stereocenters. The third-order valence-electron chi connectivity index (χ3n) is 5.74. The molecule has 3 aliphatic rings. The summed E-state index contributed by atoms with van der Waals surface area (Å²) in [4.78, 5) is 29.2. The van der Waals surface area contributed by atoms with E-state index >= 15 is 0 Å². The largest absolute Gasteiger partial charge is 0.490 e. The summed E-state index contributed by atoms with van der Waals surface area (Å²) >= 11 is 6.31. The van der Waals surface area contributed by atoms with Crippen LogP contribution in [0, 0.1) is 5.92 Å². The number of fused-ring (bicyclic) bond motifs is 1. The summed E-state index contributed by atoms with van der Waals surface area (Å²) in [5.74, 6) is 1.32. The number of amides is 2. The molecule has 9 heteroatoms. The molecule has 0 radical (unpaired) electrons. The predicted octanol–water partition coefficient (Wildman–Crippen LogP) is 2.01. The molecule has 0 aromatic heterocycles. The van der Waals surface area contributed by atoms with Crippen molar-refractivity contribution in [2.45, 2.75) is 19.3 Å². The van der Waals surface area contributed by atoms with Crippen LogP contribution in [-0.4, -0.2) is 80.8 Å². The SMILES string of the molecule is O=C(CN1CCC(C(=O)N2CCOCC2)CC1)Nc1cc2c(cc1Cl)OCCCO2. The Morgan fingerprint density at radius 1 is 1.00 bits per heavy atom. The van der Waals surface area contributed by atoms with Gasteiger partial charge in [-0.1, -0.05) is 11.6 Å². The molecule has 8 nitrogen and oxygen atoms in total. The Kier molecular flexibility index (Phi) is 6.97. The molecule has 2 fully saturated rings. The normalized spacial score (nSPS) is 20.5. The number of hydrogen-bond donors (Lipinski definition) is 1. The van der Waals surface area contributed by atoms with E-state index in [1.807, 2.05) is 4.90 Å². The molecule has 1 aromatic rings. The fourth-order valence-electron chi connectivity index (χ4n) is 4.05. The molecular formula is C21H28ClN3O5. The van der Waals surface area contributed by atoms with E-state index in [-0.39, 0.29) is 24.3 Å². The Morgan fingerprint density at radius 2 is 1.67 bits per heavy atom. The molecule has 164 valence electrons. The fraction of sp³-hybridized carbons (Fsp3) is 0.619. The number of hydrogen-bond acceptors (Lipinski definition) is 6. The molecule has 4 rings (SSSR count). The summed E-state index contributed by atoms with van der Waals surface area (Å²) in [7, 11) is 0.